The molecule has 9 amide bonds. The van der Waals surface area contributed by atoms with Crippen LogP contribution >= 0.6 is 45.9 Å². The number of hydrogen-bond acceptors (Lipinski definition) is 10. The van der Waals surface area contributed by atoms with Crippen LogP contribution in [0.15, 0.2) is 47.8 Å². The summed E-state index contributed by atoms with van der Waals surface area (Å²) in [4.78, 5) is 102. The predicted molar refractivity (Wildman–Crippen MR) is 237 cm³/mol. The van der Waals surface area contributed by atoms with Crippen LogP contribution < -0.4 is 26.6 Å². The van der Waals surface area contributed by atoms with E-state index in [4.69, 9.17) is 23.2 Å². The van der Waals surface area contributed by atoms with Crippen molar-refractivity contribution < 1.29 is 38.4 Å². The quantitative estimate of drug-likeness (QED) is 0.119. The summed E-state index contributed by atoms with van der Waals surface area (Å²) in [6, 6.07) is 11.9. The fourth-order valence-electron chi connectivity index (χ4n) is 7.71. The van der Waals surface area contributed by atoms with Crippen molar-refractivity contribution >= 4 is 93.3 Å². The Labute approximate surface area is 381 Å². The Kier molecular flexibility index (Phi) is 14.3. The molecule has 2 fully saturated rings. The van der Waals surface area contributed by atoms with Gasteiger partial charge in [0, 0.05) is 70.6 Å². The minimum Gasteiger partial charge on any atom is -0.351 e. The van der Waals surface area contributed by atoms with Gasteiger partial charge in [-0.3, -0.25) is 44.2 Å². The van der Waals surface area contributed by atoms with E-state index >= 15 is 0 Å². The predicted octanol–water partition coefficient (Wildman–Crippen LogP) is 5.23. The maximum Gasteiger partial charge on any atom is 0.315 e. The molecule has 4 aromatic rings. The Hall–Kier alpha value is -5.62. The molecular formula is C44H45Cl2N7O8S2. The number of nitrogens with one attached hydrogen (secondary N) is 5. The third kappa shape index (κ3) is 10.8. The molecule has 2 unspecified atom stereocenters. The first-order valence-electron chi connectivity index (χ1n) is 20.4. The van der Waals surface area contributed by atoms with Crippen LogP contribution in [0, 0.1) is 13.8 Å². The van der Waals surface area contributed by atoms with Crippen molar-refractivity contribution in [3.63, 3.8) is 0 Å². The number of rotatable bonds is 12. The minimum atomic E-state index is -0.621. The SMILES string of the molecule is Cc1ccc(CCC(=O)NCc2cc3c(s2)C(=O)N(C2CCC(=O)NC2=O)C3)cc1Cl.Cc1ccc(CNC(=O)NCCc2scc3c2CN(C2CCC(=O)NC2=O)C3=O)cc1Cl. The molecule has 6 heterocycles. The summed E-state index contributed by atoms with van der Waals surface area (Å²) >= 11 is 15.1. The molecule has 2 aromatic heterocycles. The van der Waals surface area contributed by atoms with Crippen molar-refractivity contribution in [2.45, 2.75) is 97.1 Å². The van der Waals surface area contributed by atoms with Crippen LogP contribution in [-0.4, -0.2) is 75.8 Å². The van der Waals surface area contributed by atoms with Crippen LogP contribution in [0.3, 0.4) is 0 Å². The molecule has 4 aliphatic heterocycles. The molecule has 8 rings (SSSR count). The van der Waals surface area contributed by atoms with E-state index in [9.17, 15) is 38.4 Å². The topological polar surface area (TPSA) is 203 Å². The van der Waals surface area contributed by atoms with E-state index in [1.807, 2.05) is 56.3 Å². The summed E-state index contributed by atoms with van der Waals surface area (Å²) in [6.07, 6.45) is 2.70. The van der Waals surface area contributed by atoms with Gasteiger partial charge in [0.2, 0.25) is 29.5 Å². The Bertz CT molecular complexity index is 2520. The number of imide groups is 2. The monoisotopic (exact) mass is 933 g/mol. The normalized spacial score (nSPS) is 18.0. The highest BCUT2D eigenvalue weighted by atomic mass is 35.5. The van der Waals surface area contributed by atoms with Crippen LogP contribution in [-0.2, 0) is 63.0 Å². The second kappa shape index (κ2) is 19.8. The summed E-state index contributed by atoms with van der Waals surface area (Å²) in [5.74, 6) is -1.88. The van der Waals surface area contributed by atoms with Crippen LogP contribution in [0.25, 0.3) is 0 Å². The summed E-state index contributed by atoms with van der Waals surface area (Å²) in [5.41, 5.74) is 6.29. The van der Waals surface area contributed by atoms with Crippen LogP contribution in [0.4, 0.5) is 4.79 Å². The molecule has 19 heteroatoms. The second-order valence-electron chi connectivity index (χ2n) is 15.7. The van der Waals surface area contributed by atoms with Gasteiger partial charge < -0.3 is 25.8 Å². The molecule has 0 saturated carbocycles. The smallest absolute Gasteiger partial charge is 0.315 e. The number of piperidine rings is 2. The first-order valence-corrected chi connectivity index (χ1v) is 22.9. The van der Waals surface area contributed by atoms with E-state index in [1.54, 1.807) is 5.38 Å². The number of carbonyl (C=O) groups excluding carboxylic acids is 8. The summed E-state index contributed by atoms with van der Waals surface area (Å²) in [5, 5.41) is 16.3. The van der Waals surface area contributed by atoms with Crippen molar-refractivity contribution in [2.75, 3.05) is 6.54 Å². The lowest BCUT2D eigenvalue weighted by Gasteiger charge is -2.29. The van der Waals surface area contributed by atoms with Crippen molar-refractivity contribution in [1.82, 2.24) is 36.4 Å². The van der Waals surface area contributed by atoms with E-state index in [0.29, 0.717) is 85.3 Å². The summed E-state index contributed by atoms with van der Waals surface area (Å²) in [6.45, 7) is 5.70. The van der Waals surface area contributed by atoms with E-state index in [-0.39, 0.29) is 48.4 Å². The molecule has 63 heavy (non-hydrogen) atoms. The Morgan fingerprint density at radius 3 is 1.98 bits per heavy atom. The lowest BCUT2D eigenvalue weighted by Crippen LogP contribution is -2.52. The first kappa shape index (κ1) is 45.4. The standard InChI is InChI=1S/C22H23ClN4O4S.C22H22ClN3O4S/c1-12-2-3-13(8-16(12)23)9-25-22(31)24-7-6-18-14-10-27(21(30)15(14)11-32-18)17-4-5-19(28)26-20(17)29;1-12-2-3-13(8-16(12)23)4-6-18(27)24-10-15-9-14-11-26(22(30)20(14)31-15)17-5-7-19(28)25-21(17)29/h2-3,8,11,17H,4-7,9-10H2,1H3,(H2,24,25,31)(H,26,28,29);2-3,8-9,17H,4-7,10-11H2,1H3,(H,24,27)(H,25,28,29). The number of urea groups is 1. The van der Waals surface area contributed by atoms with Gasteiger partial charge in [-0.2, -0.15) is 0 Å². The van der Waals surface area contributed by atoms with E-state index in [1.165, 1.54) is 32.5 Å². The number of amides is 9. The number of thiophene rings is 2. The lowest BCUT2D eigenvalue weighted by atomic mass is 10.0. The number of nitrogens with zero attached hydrogens (tertiary/aromatic N) is 2. The van der Waals surface area contributed by atoms with Gasteiger partial charge in [-0.1, -0.05) is 47.5 Å². The van der Waals surface area contributed by atoms with Gasteiger partial charge in [0.25, 0.3) is 11.8 Å². The molecular weight excluding hydrogens is 890 g/mol. The third-order valence-electron chi connectivity index (χ3n) is 11.3. The molecule has 2 atom stereocenters. The van der Waals surface area contributed by atoms with Crippen molar-refractivity contribution in [3.8, 4) is 0 Å². The zero-order chi connectivity index (χ0) is 44.9. The molecule has 0 spiro atoms. The number of fused-ring (bicyclic) bond motifs is 2. The zero-order valence-electron chi connectivity index (χ0n) is 34.5. The first-order chi connectivity index (χ1) is 30.1. The van der Waals surface area contributed by atoms with Crippen molar-refractivity contribution in [1.29, 1.82) is 0 Å². The molecule has 0 aliphatic carbocycles. The van der Waals surface area contributed by atoms with Gasteiger partial charge in [-0.25, -0.2) is 4.79 Å². The molecule has 330 valence electrons. The second-order valence-corrected chi connectivity index (χ2v) is 18.6. The molecule has 0 bridgehead atoms. The molecule has 2 aromatic carbocycles. The Balaban J connectivity index is 0.000000189. The maximum absolute atomic E-state index is 12.8. The molecule has 5 N–H and O–H groups in total. The fourth-order valence-corrected chi connectivity index (χ4v) is 10.2. The van der Waals surface area contributed by atoms with Crippen molar-refractivity contribution in [2.24, 2.45) is 0 Å². The highest BCUT2D eigenvalue weighted by Crippen LogP contribution is 2.35. The fraction of sp³-hybridized carbons (Fsp3) is 0.364. The molecule has 0 radical (unpaired) electrons. The average molecular weight is 935 g/mol. The summed E-state index contributed by atoms with van der Waals surface area (Å²) < 4.78 is 0. The van der Waals surface area contributed by atoms with Gasteiger partial charge in [-0.05, 0) is 91.1 Å². The Morgan fingerprint density at radius 2 is 1.37 bits per heavy atom. The van der Waals surface area contributed by atoms with E-state index in [0.717, 1.165) is 43.1 Å². The number of halogens is 2. The van der Waals surface area contributed by atoms with Crippen LogP contribution in [0.5, 0.6) is 0 Å². The largest absolute Gasteiger partial charge is 0.351 e. The molecule has 4 aliphatic rings. The van der Waals surface area contributed by atoms with Gasteiger partial charge in [0.05, 0.1) is 17.0 Å². The number of carbonyl (C=O) groups is 8. The maximum atomic E-state index is 12.8. The van der Waals surface area contributed by atoms with Gasteiger partial charge in [-0.15, -0.1) is 22.7 Å². The van der Waals surface area contributed by atoms with Gasteiger partial charge >= 0.3 is 6.03 Å². The average Bonchev–Trinajstić information content (AvgIpc) is 4.00. The van der Waals surface area contributed by atoms with E-state index in [2.05, 4.69) is 26.6 Å². The van der Waals surface area contributed by atoms with Gasteiger partial charge in [0.1, 0.15) is 12.1 Å². The van der Waals surface area contributed by atoms with Crippen molar-refractivity contribution in [3.05, 3.63) is 111 Å². The number of benzene rings is 2. The highest BCUT2D eigenvalue weighted by molar-refractivity contribution is 7.14. The summed E-state index contributed by atoms with van der Waals surface area (Å²) in [7, 11) is 0. The molecule has 2 saturated heterocycles. The van der Waals surface area contributed by atoms with E-state index < -0.39 is 23.9 Å². The number of hydrogen-bond donors (Lipinski definition) is 5. The molecule has 15 nitrogen and oxygen atoms in total. The van der Waals surface area contributed by atoms with Crippen LogP contribution in [0.1, 0.15) is 95.3 Å². The van der Waals surface area contributed by atoms with Gasteiger partial charge in [0.15, 0.2) is 0 Å². The van der Waals surface area contributed by atoms with Crippen LogP contribution in [0.2, 0.25) is 10.0 Å². The third-order valence-corrected chi connectivity index (χ3v) is 14.4. The minimum absolute atomic E-state index is 0.0678. The zero-order valence-corrected chi connectivity index (χ0v) is 37.6. The number of aryl methyl sites for hydroxylation is 3. The Morgan fingerprint density at radius 1 is 0.746 bits per heavy atom. The lowest BCUT2D eigenvalue weighted by molar-refractivity contribution is -0.138. The highest BCUT2D eigenvalue weighted by Gasteiger charge is 2.41.